The Balaban J connectivity index is 1.66. The predicted octanol–water partition coefficient (Wildman–Crippen LogP) is 3.21. The number of benzene rings is 2. The van der Waals surface area contributed by atoms with Gasteiger partial charge in [-0.25, -0.2) is 4.79 Å². The Bertz CT molecular complexity index is 838. The Hall–Kier alpha value is -3.28. The molecule has 1 atom stereocenters. The van der Waals surface area contributed by atoms with Crippen LogP contribution in [0.25, 0.3) is 6.08 Å². The number of ketones is 1. The van der Waals surface area contributed by atoms with Gasteiger partial charge in [-0.2, -0.15) is 0 Å². The molecule has 3 rings (SSSR count). The van der Waals surface area contributed by atoms with Gasteiger partial charge < -0.3 is 19.3 Å². The van der Waals surface area contributed by atoms with Crippen molar-refractivity contribution in [2.45, 2.75) is 13.0 Å². The molecule has 0 aliphatic carbocycles. The van der Waals surface area contributed by atoms with Gasteiger partial charge in [-0.15, -0.1) is 0 Å². The average Bonchev–Trinajstić information content (AvgIpc) is 2.66. The quantitative estimate of drug-likeness (QED) is 0.634. The Morgan fingerprint density at radius 2 is 1.77 bits per heavy atom. The molecule has 0 spiro atoms. The second kappa shape index (κ2) is 7.74. The summed E-state index contributed by atoms with van der Waals surface area (Å²) in [5.74, 6) is 0.545. The molecule has 0 saturated heterocycles. The van der Waals surface area contributed by atoms with E-state index in [-0.39, 0.29) is 5.78 Å². The zero-order chi connectivity index (χ0) is 18.5. The number of hydrogen-bond acceptors (Lipinski definition) is 5. The summed E-state index contributed by atoms with van der Waals surface area (Å²) in [6.07, 6.45) is 2.23. The first-order chi connectivity index (χ1) is 12.5. The van der Waals surface area contributed by atoms with E-state index in [4.69, 9.17) is 19.3 Å². The Kier molecular flexibility index (Phi) is 5.22. The largest absolute Gasteiger partial charge is 0.486 e. The van der Waals surface area contributed by atoms with Gasteiger partial charge in [0.25, 0.3) is 0 Å². The second-order valence-corrected chi connectivity index (χ2v) is 5.72. The van der Waals surface area contributed by atoms with Crippen LogP contribution in [0.1, 0.15) is 22.8 Å². The summed E-state index contributed by atoms with van der Waals surface area (Å²) in [7, 11) is 0. The number of allylic oxidation sites excluding steroid dienone is 1. The van der Waals surface area contributed by atoms with Crippen molar-refractivity contribution >= 4 is 17.8 Å². The summed E-state index contributed by atoms with van der Waals surface area (Å²) >= 11 is 0. The zero-order valence-corrected chi connectivity index (χ0v) is 14.2. The number of carboxylic acids is 1. The summed E-state index contributed by atoms with van der Waals surface area (Å²) < 4.78 is 16.2. The molecule has 1 aliphatic rings. The summed E-state index contributed by atoms with van der Waals surface area (Å²) in [4.78, 5) is 23.1. The van der Waals surface area contributed by atoms with E-state index in [1.165, 1.54) is 13.0 Å². The van der Waals surface area contributed by atoms with E-state index < -0.39 is 12.1 Å². The maximum Gasteiger partial charge on any atom is 0.344 e. The molecule has 1 heterocycles. The minimum Gasteiger partial charge on any atom is -0.486 e. The molecule has 0 amide bonds. The molecule has 6 nitrogen and oxygen atoms in total. The van der Waals surface area contributed by atoms with E-state index in [0.29, 0.717) is 36.0 Å². The fourth-order valence-electron chi connectivity index (χ4n) is 2.38. The van der Waals surface area contributed by atoms with E-state index >= 15 is 0 Å². The van der Waals surface area contributed by atoms with Crippen LogP contribution in [0.5, 0.6) is 17.2 Å². The van der Waals surface area contributed by atoms with Crippen LogP contribution in [-0.2, 0) is 4.79 Å². The van der Waals surface area contributed by atoms with Crippen molar-refractivity contribution in [2.24, 2.45) is 0 Å². The maximum absolute atomic E-state index is 12.3. The minimum absolute atomic E-state index is 0.169. The molecule has 0 aromatic heterocycles. The predicted molar refractivity (Wildman–Crippen MR) is 95.0 cm³/mol. The summed E-state index contributed by atoms with van der Waals surface area (Å²) in [5, 5.41) is 8.83. The lowest BCUT2D eigenvalue weighted by Gasteiger charge is -2.18. The van der Waals surface area contributed by atoms with Crippen molar-refractivity contribution < 1.29 is 28.9 Å². The highest BCUT2D eigenvalue weighted by Crippen LogP contribution is 2.31. The van der Waals surface area contributed by atoms with Gasteiger partial charge in [-0.3, -0.25) is 4.79 Å². The smallest absolute Gasteiger partial charge is 0.344 e. The number of carboxylic acid groups (broad SMARTS) is 1. The number of fused-ring (bicyclic) bond motifs is 1. The SMILES string of the molecule is C[C@H](Oc1ccc(C(=O)/C=C/c2ccc3c(c2)OCCO3)cc1)C(=O)O. The lowest BCUT2D eigenvalue weighted by molar-refractivity contribution is -0.144. The number of carbonyl (C=O) groups excluding carboxylic acids is 1. The van der Waals surface area contributed by atoms with Crippen LogP contribution in [0, 0.1) is 0 Å². The fraction of sp³-hybridized carbons (Fsp3) is 0.200. The van der Waals surface area contributed by atoms with Crippen molar-refractivity contribution in [3.05, 3.63) is 59.7 Å². The Morgan fingerprint density at radius 3 is 2.46 bits per heavy atom. The number of aliphatic carboxylic acids is 1. The summed E-state index contributed by atoms with van der Waals surface area (Å²) in [6, 6.07) is 11.8. The van der Waals surface area contributed by atoms with Gasteiger partial charge in [0.15, 0.2) is 23.4 Å². The average molecular weight is 354 g/mol. The van der Waals surface area contributed by atoms with Crippen LogP contribution >= 0.6 is 0 Å². The van der Waals surface area contributed by atoms with Crippen molar-refractivity contribution in [1.82, 2.24) is 0 Å². The van der Waals surface area contributed by atoms with Crippen molar-refractivity contribution in [1.29, 1.82) is 0 Å². The van der Waals surface area contributed by atoms with Gasteiger partial charge >= 0.3 is 5.97 Å². The molecule has 0 radical (unpaired) electrons. The lowest BCUT2D eigenvalue weighted by Crippen LogP contribution is -2.22. The van der Waals surface area contributed by atoms with Gasteiger partial charge in [-0.1, -0.05) is 12.1 Å². The van der Waals surface area contributed by atoms with Crippen LogP contribution in [0.4, 0.5) is 0 Å². The molecular weight excluding hydrogens is 336 g/mol. The van der Waals surface area contributed by atoms with Crippen LogP contribution < -0.4 is 14.2 Å². The topological polar surface area (TPSA) is 82.1 Å². The molecule has 0 unspecified atom stereocenters. The summed E-state index contributed by atoms with van der Waals surface area (Å²) in [6.45, 7) is 2.48. The normalized spacial score (nSPS) is 14.0. The monoisotopic (exact) mass is 354 g/mol. The first-order valence-electron chi connectivity index (χ1n) is 8.14. The van der Waals surface area contributed by atoms with Crippen LogP contribution in [0.3, 0.4) is 0 Å². The molecule has 1 N–H and O–H groups in total. The standard InChI is InChI=1S/C20H18O6/c1-13(20(22)23)26-16-6-4-15(5-7-16)17(21)8-2-14-3-9-18-19(12-14)25-11-10-24-18/h2-9,12-13H,10-11H2,1H3,(H,22,23)/b8-2+/t13-/m0/s1. The fourth-order valence-corrected chi connectivity index (χ4v) is 2.38. The van der Waals surface area contributed by atoms with Crippen LogP contribution in [-0.4, -0.2) is 36.2 Å². The molecule has 26 heavy (non-hydrogen) atoms. The van der Waals surface area contributed by atoms with E-state index in [1.54, 1.807) is 30.3 Å². The molecule has 6 heteroatoms. The van der Waals surface area contributed by atoms with Gasteiger partial charge in [0, 0.05) is 5.56 Å². The van der Waals surface area contributed by atoms with Crippen LogP contribution in [0.15, 0.2) is 48.5 Å². The molecule has 134 valence electrons. The van der Waals surface area contributed by atoms with E-state index in [0.717, 1.165) is 5.56 Å². The molecule has 1 aliphatic heterocycles. The van der Waals surface area contributed by atoms with Gasteiger partial charge in [-0.05, 0) is 55.0 Å². The highest BCUT2D eigenvalue weighted by Gasteiger charge is 2.13. The first-order valence-corrected chi connectivity index (χ1v) is 8.14. The number of carbonyl (C=O) groups is 2. The van der Waals surface area contributed by atoms with Gasteiger partial charge in [0.05, 0.1) is 0 Å². The lowest BCUT2D eigenvalue weighted by atomic mass is 10.1. The van der Waals surface area contributed by atoms with Crippen molar-refractivity contribution in [2.75, 3.05) is 13.2 Å². The zero-order valence-electron chi connectivity index (χ0n) is 14.2. The van der Waals surface area contributed by atoms with E-state index in [9.17, 15) is 9.59 Å². The third kappa shape index (κ3) is 4.22. The maximum atomic E-state index is 12.3. The highest BCUT2D eigenvalue weighted by atomic mass is 16.6. The highest BCUT2D eigenvalue weighted by molar-refractivity contribution is 6.06. The Labute approximate surface area is 150 Å². The molecule has 0 saturated carbocycles. The van der Waals surface area contributed by atoms with Gasteiger partial charge in [0.1, 0.15) is 19.0 Å². The number of rotatable bonds is 6. The third-order valence-corrected chi connectivity index (χ3v) is 3.79. The molecular formula is C20H18O6. The molecule has 0 bridgehead atoms. The van der Waals surface area contributed by atoms with Gasteiger partial charge in [0.2, 0.25) is 0 Å². The first kappa shape index (κ1) is 17.5. The van der Waals surface area contributed by atoms with Crippen molar-refractivity contribution in [3.63, 3.8) is 0 Å². The second-order valence-electron chi connectivity index (χ2n) is 5.72. The summed E-state index contributed by atoms with van der Waals surface area (Å²) in [5.41, 5.74) is 1.31. The Morgan fingerprint density at radius 1 is 1.08 bits per heavy atom. The van der Waals surface area contributed by atoms with Crippen LogP contribution in [0.2, 0.25) is 0 Å². The van der Waals surface area contributed by atoms with E-state index in [1.807, 2.05) is 18.2 Å². The van der Waals surface area contributed by atoms with E-state index in [2.05, 4.69) is 0 Å². The number of ether oxygens (including phenoxy) is 3. The molecule has 2 aromatic carbocycles. The third-order valence-electron chi connectivity index (χ3n) is 3.79. The van der Waals surface area contributed by atoms with Crippen molar-refractivity contribution in [3.8, 4) is 17.2 Å². The molecule has 2 aromatic rings. The minimum atomic E-state index is -1.05. The number of hydrogen-bond donors (Lipinski definition) is 1. The molecule has 0 fully saturated rings.